The molecule has 1 fully saturated rings. The largest absolute Gasteiger partial charge is 0.495 e. The zero-order valence-corrected chi connectivity index (χ0v) is 27.8. The number of para-hydroxylation sites is 1. The van der Waals surface area contributed by atoms with Crippen molar-refractivity contribution >= 4 is 60.7 Å². The van der Waals surface area contributed by atoms with Crippen LogP contribution < -0.4 is 18.7 Å². The lowest BCUT2D eigenvalue weighted by molar-refractivity contribution is 0.0376. The van der Waals surface area contributed by atoms with E-state index in [9.17, 15) is 13.2 Å². The van der Waals surface area contributed by atoms with Crippen LogP contribution in [0.15, 0.2) is 65.6 Å². The number of anilines is 2. The predicted molar refractivity (Wildman–Crippen MR) is 179 cm³/mol. The topological polar surface area (TPSA) is 102 Å². The first kappa shape index (κ1) is 33.0. The number of halogens is 1. The lowest BCUT2D eigenvalue weighted by Gasteiger charge is -2.30. The highest BCUT2D eigenvalue weighted by Crippen LogP contribution is 2.40. The van der Waals surface area contributed by atoms with E-state index in [1.54, 1.807) is 37.3 Å². The molecule has 2 aliphatic rings. The normalized spacial score (nSPS) is 15.3. The summed E-state index contributed by atoms with van der Waals surface area (Å²) in [6.45, 7) is 4.81. The van der Waals surface area contributed by atoms with Gasteiger partial charge in [-0.25, -0.2) is 13.4 Å². The molecule has 1 saturated heterocycles. The van der Waals surface area contributed by atoms with Crippen LogP contribution >= 0.6 is 23.7 Å². The van der Waals surface area contributed by atoms with Gasteiger partial charge in [-0.15, -0.1) is 12.4 Å². The number of aryl methyl sites for hydroxylation is 1. The third kappa shape index (κ3) is 6.75. The Morgan fingerprint density at radius 3 is 2.42 bits per heavy atom. The molecule has 240 valence electrons. The van der Waals surface area contributed by atoms with Gasteiger partial charge in [0.25, 0.3) is 15.9 Å². The van der Waals surface area contributed by atoms with E-state index in [2.05, 4.69) is 4.90 Å². The quantitative estimate of drug-likeness (QED) is 0.225. The number of fused-ring (bicyclic) bond motifs is 2. The van der Waals surface area contributed by atoms with Gasteiger partial charge in [-0.1, -0.05) is 29.5 Å². The molecule has 6 rings (SSSR count). The number of thiazole rings is 1. The molecule has 4 aromatic rings. The summed E-state index contributed by atoms with van der Waals surface area (Å²) in [6, 6.07) is 17.5. The molecule has 0 atom stereocenters. The fraction of sp³-hybridized carbons (Fsp3) is 0.375. The van der Waals surface area contributed by atoms with Gasteiger partial charge in [0.2, 0.25) is 0 Å². The SMILES string of the molecule is COc1ccc(OC)c2sc(N(CCCN3CCOCC3)C(=O)c3ccc(S(=O)(=O)N4CCCc5ccccc54)cc3)nc12.Cl. The molecule has 0 N–H and O–H groups in total. The Morgan fingerprint density at radius 1 is 0.978 bits per heavy atom. The van der Waals surface area contributed by atoms with Gasteiger partial charge in [-0.2, -0.15) is 0 Å². The van der Waals surface area contributed by atoms with Gasteiger partial charge < -0.3 is 14.2 Å². The van der Waals surface area contributed by atoms with E-state index in [0.29, 0.717) is 59.7 Å². The Kier molecular flexibility index (Phi) is 10.5. The number of aromatic nitrogens is 1. The number of hydrogen-bond donors (Lipinski definition) is 0. The second-order valence-electron chi connectivity index (χ2n) is 10.7. The van der Waals surface area contributed by atoms with E-state index in [1.807, 2.05) is 30.3 Å². The van der Waals surface area contributed by atoms with Gasteiger partial charge in [0, 0.05) is 38.3 Å². The van der Waals surface area contributed by atoms with Crippen LogP contribution in [0.1, 0.15) is 28.8 Å². The molecule has 1 aromatic heterocycles. The number of amides is 1. The number of rotatable bonds is 10. The molecule has 0 bridgehead atoms. The highest BCUT2D eigenvalue weighted by molar-refractivity contribution is 7.92. The molecular weight excluding hydrogens is 636 g/mol. The zero-order valence-electron chi connectivity index (χ0n) is 25.3. The number of methoxy groups -OCH3 is 2. The van der Waals surface area contributed by atoms with Crippen LogP contribution in [-0.4, -0.2) is 84.4 Å². The predicted octanol–water partition coefficient (Wildman–Crippen LogP) is 5.25. The molecule has 45 heavy (non-hydrogen) atoms. The molecule has 10 nitrogen and oxygen atoms in total. The Labute approximate surface area is 274 Å². The number of carbonyl (C=O) groups excluding carboxylic acids is 1. The number of carbonyl (C=O) groups is 1. The van der Waals surface area contributed by atoms with Gasteiger partial charge in [0.15, 0.2) is 5.13 Å². The van der Waals surface area contributed by atoms with Crippen LogP contribution in [0.4, 0.5) is 10.8 Å². The van der Waals surface area contributed by atoms with Crippen molar-refractivity contribution in [2.75, 3.05) is 69.4 Å². The summed E-state index contributed by atoms with van der Waals surface area (Å²) in [6.07, 6.45) is 2.33. The second-order valence-corrected chi connectivity index (χ2v) is 13.6. The van der Waals surface area contributed by atoms with Crippen molar-refractivity contribution < 1.29 is 27.4 Å². The standard InChI is InChI=1S/C32H36N4O6S2.ClH/c1-40-27-14-15-28(41-2)30-29(27)33-32(43-30)35(17-6-16-34-19-21-42-22-20-34)31(37)24-10-12-25(13-11-24)44(38,39)36-18-5-8-23-7-3-4-9-26(23)36;/h3-4,7,9-15H,5-6,8,16-22H2,1-2H3;1H. The van der Waals surface area contributed by atoms with Gasteiger partial charge in [0.05, 0.1) is 38.0 Å². The molecule has 0 saturated carbocycles. The molecule has 0 radical (unpaired) electrons. The molecule has 0 aliphatic carbocycles. The first-order chi connectivity index (χ1) is 21.4. The smallest absolute Gasteiger partial charge is 0.264 e. The molecule has 0 unspecified atom stereocenters. The Morgan fingerprint density at radius 2 is 1.69 bits per heavy atom. The minimum absolute atomic E-state index is 0. The van der Waals surface area contributed by atoms with Gasteiger partial charge >= 0.3 is 0 Å². The number of nitrogens with zero attached hydrogens (tertiary/aromatic N) is 4. The summed E-state index contributed by atoms with van der Waals surface area (Å²) in [4.78, 5) is 23.1. The fourth-order valence-corrected chi connectivity index (χ4v) is 8.39. The summed E-state index contributed by atoms with van der Waals surface area (Å²) in [5.41, 5.74) is 2.74. The van der Waals surface area contributed by atoms with Crippen LogP contribution in [0.3, 0.4) is 0 Å². The number of sulfonamides is 1. The summed E-state index contributed by atoms with van der Waals surface area (Å²) < 4.78 is 46.2. The maximum atomic E-state index is 14.1. The fourth-order valence-electron chi connectivity index (χ4n) is 5.75. The zero-order chi connectivity index (χ0) is 30.7. The van der Waals surface area contributed by atoms with Gasteiger partial charge in [-0.05, 0) is 67.3 Å². The van der Waals surface area contributed by atoms with E-state index in [4.69, 9.17) is 19.2 Å². The summed E-state index contributed by atoms with van der Waals surface area (Å²) in [5.74, 6) is 0.994. The Balaban J connectivity index is 0.00000400. The minimum atomic E-state index is -3.80. The third-order valence-corrected chi connectivity index (χ3v) is 11.0. The minimum Gasteiger partial charge on any atom is -0.495 e. The van der Waals surface area contributed by atoms with E-state index >= 15 is 0 Å². The Bertz CT molecular complexity index is 1700. The van der Waals surface area contributed by atoms with E-state index < -0.39 is 10.0 Å². The van der Waals surface area contributed by atoms with Crippen molar-refractivity contribution in [1.29, 1.82) is 0 Å². The molecule has 13 heteroatoms. The maximum absolute atomic E-state index is 14.1. The van der Waals surface area contributed by atoms with Crippen molar-refractivity contribution in [1.82, 2.24) is 9.88 Å². The van der Waals surface area contributed by atoms with Crippen molar-refractivity contribution in [3.05, 3.63) is 71.8 Å². The van der Waals surface area contributed by atoms with Crippen molar-refractivity contribution in [3.8, 4) is 11.5 Å². The second kappa shape index (κ2) is 14.3. The van der Waals surface area contributed by atoms with Crippen LogP contribution in [0.25, 0.3) is 10.2 Å². The van der Waals surface area contributed by atoms with Crippen LogP contribution in [0, 0.1) is 0 Å². The van der Waals surface area contributed by atoms with Crippen molar-refractivity contribution in [2.45, 2.75) is 24.2 Å². The molecular formula is C32H37ClN4O6S2. The number of benzene rings is 3. The first-order valence-electron chi connectivity index (χ1n) is 14.7. The third-order valence-electron chi connectivity index (χ3n) is 8.09. The Hall–Kier alpha value is -3.42. The van der Waals surface area contributed by atoms with E-state index in [-0.39, 0.29) is 23.2 Å². The van der Waals surface area contributed by atoms with Crippen LogP contribution in [0.2, 0.25) is 0 Å². The summed E-state index contributed by atoms with van der Waals surface area (Å²) >= 11 is 1.37. The first-order valence-corrected chi connectivity index (χ1v) is 17.0. The maximum Gasteiger partial charge on any atom is 0.264 e. The average molecular weight is 673 g/mol. The highest BCUT2D eigenvalue weighted by atomic mass is 35.5. The highest BCUT2D eigenvalue weighted by Gasteiger charge is 2.30. The van der Waals surface area contributed by atoms with Crippen molar-refractivity contribution in [2.24, 2.45) is 0 Å². The summed E-state index contributed by atoms with van der Waals surface area (Å²) in [5, 5.41) is 0.524. The molecule has 0 spiro atoms. The van der Waals surface area contributed by atoms with Crippen LogP contribution in [-0.2, 0) is 21.2 Å². The van der Waals surface area contributed by atoms with E-state index in [1.165, 1.54) is 27.8 Å². The molecule has 3 heterocycles. The lowest BCUT2D eigenvalue weighted by atomic mass is 10.0. The molecule has 2 aliphatic heterocycles. The van der Waals surface area contributed by atoms with Crippen LogP contribution in [0.5, 0.6) is 11.5 Å². The van der Waals surface area contributed by atoms with Crippen molar-refractivity contribution in [3.63, 3.8) is 0 Å². The number of morpholine rings is 1. The summed E-state index contributed by atoms with van der Waals surface area (Å²) in [7, 11) is -0.607. The molecule has 3 aromatic carbocycles. The number of ether oxygens (including phenoxy) is 3. The number of hydrogen-bond acceptors (Lipinski definition) is 9. The average Bonchev–Trinajstić information content (AvgIpc) is 3.51. The van der Waals surface area contributed by atoms with Gasteiger partial charge in [0.1, 0.15) is 21.7 Å². The molecule has 1 amide bonds. The van der Waals surface area contributed by atoms with Gasteiger partial charge in [-0.3, -0.25) is 18.9 Å². The van der Waals surface area contributed by atoms with E-state index in [0.717, 1.165) is 49.2 Å². The lowest BCUT2D eigenvalue weighted by Crippen LogP contribution is -2.39. The monoisotopic (exact) mass is 672 g/mol.